The van der Waals surface area contributed by atoms with Gasteiger partial charge in [0.1, 0.15) is 26.4 Å². The first-order chi connectivity index (χ1) is 48.1. The second-order valence-electron chi connectivity index (χ2n) is 30.7. The molecule has 0 radical (unpaired) electrons. The summed E-state index contributed by atoms with van der Waals surface area (Å²) in [5, 5.41) is 0. The molecule has 4 aromatic rings. The Morgan fingerprint density at radius 2 is 0.643 bits per heavy atom. The largest absolute Gasteiger partial charge is 0.487 e. The topological polar surface area (TPSA) is 73.8 Å². The van der Waals surface area contributed by atoms with Gasteiger partial charge in [-0.25, -0.2) is 0 Å². The van der Waals surface area contributed by atoms with Gasteiger partial charge < -0.3 is 37.9 Å². The summed E-state index contributed by atoms with van der Waals surface area (Å²) in [7, 11) is 0. The highest BCUT2D eigenvalue weighted by molar-refractivity contribution is 7.29. The molecule has 0 aliphatic carbocycles. The first-order valence-electron chi connectivity index (χ1n) is 41.7. The van der Waals surface area contributed by atoms with Gasteiger partial charge >= 0.3 is 0 Å². The Morgan fingerprint density at radius 3 is 1.04 bits per heavy atom. The standard InChI is InChI=1S/C86H144O8S4/c1-11-17-23-29-35-37-41-47-53-70(51-45-39-31-25-19-13-3)60-87-62-86(63-88-61-71(52-46-40-32-26-20-14-4)54-48-42-38-36-30-24-18-12-2)64-91-76-77(92-65-86)83(97-82(76)81-75-74(69(10)96-81)89-57-58-90-75)85-79-78(93-66(7)59-67(8)94-79)84(98-85)80-73(56-50-44-34-28-22-16-6)72(68(9)95-80)55-49-43-33-27-21-15-5/h66-67,70-71H,11-65H2,1-10H3. The van der Waals surface area contributed by atoms with Crippen LogP contribution < -0.4 is 28.4 Å². The quantitative estimate of drug-likeness (QED) is 0.0405. The van der Waals surface area contributed by atoms with E-state index in [1.807, 2.05) is 22.7 Å². The van der Waals surface area contributed by atoms with Crippen molar-refractivity contribution in [3.8, 4) is 63.8 Å². The molecular formula is C86H144O8S4. The van der Waals surface area contributed by atoms with Crippen LogP contribution in [0.5, 0.6) is 34.5 Å². The van der Waals surface area contributed by atoms with Crippen molar-refractivity contribution in [1.29, 1.82) is 0 Å². The van der Waals surface area contributed by atoms with E-state index in [1.54, 1.807) is 33.8 Å². The van der Waals surface area contributed by atoms with Crippen molar-refractivity contribution in [3.05, 3.63) is 20.9 Å². The van der Waals surface area contributed by atoms with Gasteiger partial charge in [-0.05, 0) is 102 Å². The Hall–Kier alpha value is -2.48. The van der Waals surface area contributed by atoms with Crippen LogP contribution in [0.3, 0.4) is 0 Å². The molecule has 12 heteroatoms. The lowest BCUT2D eigenvalue weighted by molar-refractivity contribution is -0.0720. The number of thiophene rings is 4. The van der Waals surface area contributed by atoms with E-state index in [2.05, 4.69) is 69.2 Å². The molecule has 98 heavy (non-hydrogen) atoms. The van der Waals surface area contributed by atoms with Crippen molar-refractivity contribution < 1.29 is 37.9 Å². The zero-order valence-corrected chi connectivity index (χ0v) is 67.9. The van der Waals surface area contributed by atoms with Crippen LogP contribution in [0.2, 0.25) is 0 Å². The fourth-order valence-electron chi connectivity index (χ4n) is 15.4. The second kappa shape index (κ2) is 48.5. The number of unbranched alkanes of at least 4 members (excludes halogenated alkanes) is 34. The van der Waals surface area contributed by atoms with Crippen LogP contribution >= 0.6 is 45.3 Å². The minimum atomic E-state index is -0.560. The summed E-state index contributed by atoms with van der Waals surface area (Å²) < 4.78 is 57.4. The molecule has 7 heterocycles. The van der Waals surface area contributed by atoms with Crippen molar-refractivity contribution >= 4 is 45.3 Å². The first kappa shape index (κ1) is 82.8. The van der Waals surface area contributed by atoms with Gasteiger partial charge in [0.2, 0.25) is 0 Å². The van der Waals surface area contributed by atoms with E-state index >= 15 is 0 Å². The van der Waals surface area contributed by atoms with Gasteiger partial charge in [0, 0.05) is 29.4 Å². The monoisotopic (exact) mass is 1430 g/mol. The molecule has 8 nitrogen and oxygen atoms in total. The number of hydrogen-bond donors (Lipinski definition) is 0. The van der Waals surface area contributed by atoms with Crippen LogP contribution in [-0.4, -0.2) is 65.1 Å². The van der Waals surface area contributed by atoms with Gasteiger partial charge in [0.05, 0.1) is 60.1 Å². The Labute approximate surface area is 617 Å². The number of aryl methyl sites for hydroxylation is 2. The summed E-state index contributed by atoms with van der Waals surface area (Å²) in [6.45, 7) is 27.4. The van der Waals surface area contributed by atoms with Crippen molar-refractivity contribution in [3.63, 3.8) is 0 Å². The molecule has 0 spiro atoms. The Bertz CT molecular complexity index is 2670. The first-order valence-corrected chi connectivity index (χ1v) is 44.9. The predicted molar refractivity (Wildman–Crippen MR) is 426 cm³/mol. The van der Waals surface area contributed by atoms with Gasteiger partial charge in [-0.2, -0.15) is 0 Å². The van der Waals surface area contributed by atoms with Crippen LogP contribution in [-0.2, 0) is 22.3 Å². The summed E-state index contributed by atoms with van der Waals surface area (Å²) in [4.78, 5) is 9.34. The Morgan fingerprint density at radius 1 is 0.337 bits per heavy atom. The molecule has 0 saturated carbocycles. The van der Waals surface area contributed by atoms with Crippen LogP contribution in [0.1, 0.15) is 365 Å². The maximum absolute atomic E-state index is 7.67. The molecule has 4 atom stereocenters. The normalized spacial score (nSPS) is 17.4. The minimum absolute atomic E-state index is 0.0106. The van der Waals surface area contributed by atoms with Gasteiger partial charge in [-0.3, -0.25) is 0 Å². The zero-order valence-electron chi connectivity index (χ0n) is 64.6. The zero-order chi connectivity index (χ0) is 69.4. The average molecular weight is 1430 g/mol. The van der Waals surface area contributed by atoms with Crippen LogP contribution in [0, 0.1) is 31.1 Å². The van der Waals surface area contributed by atoms with Gasteiger partial charge in [0.15, 0.2) is 34.5 Å². The van der Waals surface area contributed by atoms with E-state index in [0.717, 1.165) is 91.4 Å². The van der Waals surface area contributed by atoms with Crippen LogP contribution in [0.25, 0.3) is 29.3 Å². The lowest BCUT2D eigenvalue weighted by Gasteiger charge is -2.32. The van der Waals surface area contributed by atoms with Crippen LogP contribution in [0.15, 0.2) is 0 Å². The molecule has 0 bridgehead atoms. The molecule has 4 aromatic heterocycles. The van der Waals surface area contributed by atoms with Crippen molar-refractivity contribution in [2.24, 2.45) is 17.3 Å². The van der Waals surface area contributed by atoms with E-state index in [9.17, 15) is 0 Å². The van der Waals surface area contributed by atoms with E-state index < -0.39 is 5.41 Å². The summed E-state index contributed by atoms with van der Waals surface area (Å²) >= 11 is 7.37. The maximum Gasteiger partial charge on any atom is 0.181 e. The van der Waals surface area contributed by atoms with Crippen molar-refractivity contribution in [2.75, 3.05) is 52.9 Å². The van der Waals surface area contributed by atoms with Crippen molar-refractivity contribution in [1.82, 2.24) is 0 Å². The second-order valence-corrected chi connectivity index (χ2v) is 35.2. The summed E-state index contributed by atoms with van der Waals surface area (Å²) in [5.41, 5.74) is 2.57. The SMILES string of the molecule is CCCCCCCCCCC(CCCCCCCC)COCC1(COCC(CCCCCCCC)CCCCCCCCCC)COc2c(-c3sc(C)c4c3OCCO4)sc(-c3sc(-c4sc(C)c(CCCCCCCC)c4CCCCCCCC)c4c3OC(C)CC(C)O4)c2OC1. The molecule has 0 N–H and O–H groups in total. The molecule has 560 valence electrons. The fourth-order valence-corrected chi connectivity index (χ4v) is 20.5. The maximum atomic E-state index is 7.67. The Kier molecular flexibility index (Phi) is 41.0. The summed E-state index contributed by atoms with van der Waals surface area (Å²) in [5.74, 6) is 6.07. The van der Waals surface area contributed by atoms with Crippen molar-refractivity contribution in [2.45, 2.75) is 383 Å². The third-order valence-electron chi connectivity index (χ3n) is 21.4. The van der Waals surface area contributed by atoms with Gasteiger partial charge in [-0.15, -0.1) is 45.3 Å². The average Bonchev–Trinajstić information content (AvgIpc) is 1.58. The Balaban J connectivity index is 1.27. The smallest absolute Gasteiger partial charge is 0.181 e. The third kappa shape index (κ3) is 27.5. The number of ether oxygens (including phenoxy) is 8. The molecule has 0 saturated heterocycles. The highest BCUT2D eigenvalue weighted by Gasteiger charge is 2.43. The van der Waals surface area contributed by atoms with Gasteiger partial charge in [0.25, 0.3) is 0 Å². The lowest BCUT2D eigenvalue weighted by Crippen LogP contribution is -2.43. The number of fused-ring (bicyclic) bond motifs is 3. The fraction of sp³-hybridized carbons (Fsp3) is 0.814. The minimum Gasteiger partial charge on any atom is -0.487 e. The molecule has 3 aliphatic rings. The van der Waals surface area contributed by atoms with Gasteiger partial charge in [-0.1, -0.05) is 286 Å². The molecular weight excluding hydrogens is 1290 g/mol. The van der Waals surface area contributed by atoms with E-state index in [4.69, 9.17) is 37.9 Å². The van der Waals surface area contributed by atoms with E-state index in [0.29, 0.717) is 51.5 Å². The third-order valence-corrected chi connectivity index (χ3v) is 26.5. The molecule has 0 aromatic carbocycles. The van der Waals surface area contributed by atoms with E-state index in [1.165, 1.54) is 297 Å². The van der Waals surface area contributed by atoms with E-state index in [-0.39, 0.29) is 12.2 Å². The number of rotatable bonds is 57. The molecule has 3 aliphatic heterocycles. The molecule has 0 fully saturated rings. The number of hydrogen-bond acceptors (Lipinski definition) is 12. The highest BCUT2D eigenvalue weighted by Crippen LogP contribution is 2.65. The molecule has 4 unspecified atom stereocenters. The highest BCUT2D eigenvalue weighted by atomic mass is 32.1. The summed E-state index contributed by atoms with van der Waals surface area (Å²) in [6.07, 6.45) is 60.9. The predicted octanol–water partition coefficient (Wildman–Crippen LogP) is 28.7. The summed E-state index contributed by atoms with van der Waals surface area (Å²) in [6, 6.07) is 0. The molecule has 0 amide bonds. The molecule has 7 rings (SSSR count). The lowest BCUT2D eigenvalue weighted by atomic mass is 9.91. The van der Waals surface area contributed by atoms with Crippen LogP contribution in [0.4, 0.5) is 0 Å².